The van der Waals surface area contributed by atoms with Gasteiger partial charge in [0.15, 0.2) is 5.78 Å². The average Bonchev–Trinajstić information content (AvgIpc) is 2.64. The first kappa shape index (κ1) is 20.3. The number of amides is 1. The molecule has 144 valence electrons. The van der Waals surface area contributed by atoms with Gasteiger partial charge in [-0.05, 0) is 42.7 Å². The molecule has 5 heteroatoms. The summed E-state index contributed by atoms with van der Waals surface area (Å²) in [5.74, 6) is 2.31. The van der Waals surface area contributed by atoms with E-state index in [0.29, 0.717) is 34.8 Å². The number of nitrogens with one attached hydrogen (secondary N) is 1. The van der Waals surface area contributed by atoms with Crippen molar-refractivity contribution in [2.45, 2.75) is 40.0 Å². The number of ether oxygens (including phenoxy) is 2. The van der Waals surface area contributed by atoms with Crippen molar-refractivity contribution in [3.05, 3.63) is 23.8 Å². The summed E-state index contributed by atoms with van der Waals surface area (Å²) in [5, 5.41) is 2.86. The van der Waals surface area contributed by atoms with Gasteiger partial charge in [-0.25, -0.2) is 0 Å². The highest BCUT2D eigenvalue weighted by Gasteiger charge is 2.35. The Morgan fingerprint density at radius 3 is 2.54 bits per heavy atom. The predicted octanol–water partition coefficient (Wildman–Crippen LogP) is 3.71. The van der Waals surface area contributed by atoms with Gasteiger partial charge in [-0.15, -0.1) is 0 Å². The van der Waals surface area contributed by atoms with Crippen LogP contribution in [0.5, 0.6) is 11.5 Å². The molecule has 1 N–H and O–H groups in total. The minimum atomic E-state index is -0.164. The van der Waals surface area contributed by atoms with E-state index >= 15 is 0 Å². The van der Waals surface area contributed by atoms with Gasteiger partial charge in [0.1, 0.15) is 11.5 Å². The third-order valence-corrected chi connectivity index (χ3v) is 5.49. The van der Waals surface area contributed by atoms with Crippen molar-refractivity contribution >= 4 is 11.7 Å². The van der Waals surface area contributed by atoms with Crippen LogP contribution in [0.25, 0.3) is 0 Å². The van der Waals surface area contributed by atoms with Gasteiger partial charge in [-0.2, -0.15) is 0 Å². The molecule has 0 aromatic heterocycles. The zero-order valence-corrected chi connectivity index (χ0v) is 16.5. The molecule has 2 rings (SSSR count). The normalized spacial score (nSPS) is 22.8. The zero-order chi connectivity index (χ0) is 19.3. The Morgan fingerprint density at radius 2 is 1.92 bits per heavy atom. The molecule has 1 amide bonds. The van der Waals surface area contributed by atoms with Crippen LogP contribution in [0.2, 0.25) is 0 Å². The van der Waals surface area contributed by atoms with Crippen LogP contribution in [0.1, 0.15) is 50.4 Å². The number of carbonyl (C=O) groups excluding carboxylic acids is 2. The molecule has 0 saturated heterocycles. The van der Waals surface area contributed by atoms with Crippen LogP contribution in [0.3, 0.4) is 0 Å². The number of benzene rings is 1. The minimum absolute atomic E-state index is 0.00363. The van der Waals surface area contributed by atoms with Crippen LogP contribution >= 0.6 is 0 Å². The summed E-state index contributed by atoms with van der Waals surface area (Å²) in [4.78, 5) is 25.3. The zero-order valence-electron chi connectivity index (χ0n) is 16.5. The highest BCUT2D eigenvalue weighted by atomic mass is 16.5. The van der Waals surface area contributed by atoms with Crippen molar-refractivity contribution in [2.75, 3.05) is 20.8 Å². The molecule has 3 atom stereocenters. The van der Waals surface area contributed by atoms with Gasteiger partial charge in [0.25, 0.3) is 0 Å². The Hall–Kier alpha value is -2.04. The molecule has 1 saturated carbocycles. The first-order valence-electron chi connectivity index (χ1n) is 9.40. The van der Waals surface area contributed by atoms with Crippen LogP contribution in [-0.4, -0.2) is 32.5 Å². The minimum Gasteiger partial charge on any atom is -0.497 e. The lowest BCUT2D eigenvalue weighted by atomic mass is 9.70. The molecule has 26 heavy (non-hydrogen) atoms. The molecular weight excluding hydrogens is 330 g/mol. The Kier molecular flexibility index (Phi) is 7.06. The average molecular weight is 361 g/mol. The monoisotopic (exact) mass is 361 g/mol. The maximum Gasteiger partial charge on any atom is 0.223 e. The quantitative estimate of drug-likeness (QED) is 0.752. The van der Waals surface area contributed by atoms with Crippen molar-refractivity contribution in [1.29, 1.82) is 0 Å². The van der Waals surface area contributed by atoms with Crippen LogP contribution in [0.4, 0.5) is 0 Å². The maximum atomic E-state index is 12.7. The summed E-state index contributed by atoms with van der Waals surface area (Å²) >= 11 is 0. The van der Waals surface area contributed by atoms with E-state index in [4.69, 9.17) is 9.47 Å². The van der Waals surface area contributed by atoms with Crippen molar-refractivity contribution < 1.29 is 19.1 Å². The van der Waals surface area contributed by atoms with Gasteiger partial charge in [0, 0.05) is 12.0 Å². The molecule has 1 aliphatic carbocycles. The van der Waals surface area contributed by atoms with Crippen molar-refractivity contribution in [3.63, 3.8) is 0 Å². The van der Waals surface area contributed by atoms with E-state index in [9.17, 15) is 9.59 Å². The Morgan fingerprint density at radius 1 is 1.19 bits per heavy atom. The number of hydrogen-bond donors (Lipinski definition) is 1. The van der Waals surface area contributed by atoms with E-state index in [-0.39, 0.29) is 24.2 Å². The lowest BCUT2D eigenvalue weighted by Gasteiger charge is -2.36. The second kappa shape index (κ2) is 9.06. The second-order valence-corrected chi connectivity index (χ2v) is 7.64. The lowest BCUT2D eigenvalue weighted by molar-refractivity contribution is -0.129. The Balaban J connectivity index is 2.03. The summed E-state index contributed by atoms with van der Waals surface area (Å²) in [7, 11) is 3.08. The topological polar surface area (TPSA) is 64.6 Å². The maximum absolute atomic E-state index is 12.7. The molecule has 0 heterocycles. The number of hydrogen-bond acceptors (Lipinski definition) is 4. The fourth-order valence-corrected chi connectivity index (χ4v) is 3.93. The smallest absolute Gasteiger partial charge is 0.223 e. The summed E-state index contributed by atoms with van der Waals surface area (Å²) < 4.78 is 10.4. The summed E-state index contributed by atoms with van der Waals surface area (Å²) in [5.41, 5.74) is 0.450. The van der Waals surface area contributed by atoms with Crippen LogP contribution in [-0.2, 0) is 4.79 Å². The molecule has 0 bridgehead atoms. The molecule has 1 fully saturated rings. The fourth-order valence-electron chi connectivity index (χ4n) is 3.93. The molecule has 0 aliphatic heterocycles. The molecule has 5 nitrogen and oxygen atoms in total. The number of ketones is 1. The first-order chi connectivity index (χ1) is 12.4. The van der Waals surface area contributed by atoms with Crippen molar-refractivity contribution in [1.82, 2.24) is 5.32 Å². The number of Topliss-reactive ketones (excluding diaryl/α,β-unsaturated/α-hetero) is 1. The van der Waals surface area contributed by atoms with Gasteiger partial charge in [-0.3, -0.25) is 9.59 Å². The number of rotatable bonds is 7. The van der Waals surface area contributed by atoms with E-state index in [2.05, 4.69) is 26.1 Å². The molecule has 0 radical (unpaired) electrons. The molecular formula is C21H31NO4. The van der Waals surface area contributed by atoms with Crippen LogP contribution in [0.15, 0.2) is 18.2 Å². The molecule has 1 aromatic rings. The third-order valence-electron chi connectivity index (χ3n) is 5.49. The number of methoxy groups -OCH3 is 2. The highest BCUT2D eigenvalue weighted by molar-refractivity contribution is 6.01. The predicted molar refractivity (Wildman–Crippen MR) is 102 cm³/mol. The summed E-state index contributed by atoms with van der Waals surface area (Å²) in [6, 6.07) is 5.06. The molecule has 1 aromatic carbocycles. The second-order valence-electron chi connectivity index (χ2n) is 7.64. The SMILES string of the molecule is COc1ccc(C(=O)CNC(=O)[C@@H]2C[C@H](C)CC[C@H]2C(C)C)c(OC)c1. The molecule has 1 aliphatic rings. The third kappa shape index (κ3) is 4.77. The fraction of sp³-hybridized carbons (Fsp3) is 0.619. The van der Waals surface area contributed by atoms with Crippen LogP contribution in [0, 0.1) is 23.7 Å². The molecule has 0 spiro atoms. The van der Waals surface area contributed by atoms with Gasteiger partial charge in [-0.1, -0.05) is 27.2 Å². The van der Waals surface area contributed by atoms with Crippen molar-refractivity contribution in [2.24, 2.45) is 23.7 Å². The lowest BCUT2D eigenvalue weighted by Crippen LogP contribution is -2.42. The van der Waals surface area contributed by atoms with Crippen LogP contribution < -0.4 is 14.8 Å². The van der Waals surface area contributed by atoms with Gasteiger partial charge in [0.2, 0.25) is 5.91 Å². The van der Waals surface area contributed by atoms with E-state index in [1.807, 2.05) is 0 Å². The molecule has 0 unspecified atom stereocenters. The Labute approximate surface area is 156 Å². The highest BCUT2D eigenvalue weighted by Crippen LogP contribution is 2.38. The summed E-state index contributed by atoms with van der Waals surface area (Å²) in [6.45, 7) is 6.53. The van der Waals surface area contributed by atoms with E-state index in [1.54, 1.807) is 25.3 Å². The van der Waals surface area contributed by atoms with Gasteiger partial charge >= 0.3 is 0 Å². The van der Waals surface area contributed by atoms with E-state index in [0.717, 1.165) is 12.8 Å². The Bertz CT molecular complexity index is 641. The van der Waals surface area contributed by atoms with Gasteiger partial charge < -0.3 is 14.8 Å². The number of carbonyl (C=O) groups is 2. The van der Waals surface area contributed by atoms with E-state index in [1.165, 1.54) is 13.5 Å². The van der Waals surface area contributed by atoms with E-state index < -0.39 is 0 Å². The largest absolute Gasteiger partial charge is 0.497 e. The van der Waals surface area contributed by atoms with Crippen molar-refractivity contribution in [3.8, 4) is 11.5 Å². The summed E-state index contributed by atoms with van der Waals surface area (Å²) in [6.07, 6.45) is 3.15. The van der Waals surface area contributed by atoms with Gasteiger partial charge in [0.05, 0.1) is 26.3 Å². The standard InChI is InChI=1S/C21H31NO4/c1-13(2)16-8-6-14(3)10-18(16)21(24)22-12-19(23)17-9-7-15(25-4)11-20(17)26-5/h7,9,11,13-14,16,18H,6,8,10,12H2,1-5H3,(H,22,24)/t14-,16+,18-/m1/s1. The first-order valence-corrected chi connectivity index (χ1v) is 9.40.